The first-order valence-electron chi connectivity index (χ1n) is 5.02. The van der Waals surface area contributed by atoms with Gasteiger partial charge in [0.05, 0.1) is 6.04 Å². The van der Waals surface area contributed by atoms with Crippen molar-refractivity contribution in [1.82, 2.24) is 15.2 Å². The summed E-state index contributed by atoms with van der Waals surface area (Å²) in [6, 6.07) is 9.44. The molecule has 0 fully saturated rings. The fourth-order valence-electron chi connectivity index (χ4n) is 1.46. The van der Waals surface area contributed by atoms with Crippen LogP contribution in [0.25, 0.3) is 0 Å². The standard InChI is InChI=1S/C11H14N4O.ClH/c1-16-7-9-13-11(15-14-9)10(12)8-5-3-2-4-6-8;/h2-6,10H,7,12H2,1H3,(H,13,14,15);1H. The summed E-state index contributed by atoms with van der Waals surface area (Å²) >= 11 is 0. The summed E-state index contributed by atoms with van der Waals surface area (Å²) in [5.74, 6) is 1.27. The molecule has 0 aliphatic heterocycles. The Morgan fingerprint density at radius 3 is 2.71 bits per heavy atom. The van der Waals surface area contributed by atoms with Crippen molar-refractivity contribution in [3.8, 4) is 0 Å². The van der Waals surface area contributed by atoms with Gasteiger partial charge in [0.2, 0.25) is 0 Å². The highest BCUT2D eigenvalue weighted by Gasteiger charge is 2.13. The van der Waals surface area contributed by atoms with Crippen LogP contribution in [0.1, 0.15) is 23.3 Å². The van der Waals surface area contributed by atoms with E-state index in [2.05, 4.69) is 15.2 Å². The van der Waals surface area contributed by atoms with Crippen molar-refractivity contribution >= 4 is 12.4 Å². The number of nitrogens with zero attached hydrogens (tertiary/aromatic N) is 2. The Hall–Kier alpha value is -1.43. The maximum absolute atomic E-state index is 6.04. The van der Waals surface area contributed by atoms with Crippen molar-refractivity contribution in [1.29, 1.82) is 0 Å². The monoisotopic (exact) mass is 254 g/mol. The molecule has 1 unspecified atom stereocenters. The molecule has 0 aliphatic carbocycles. The van der Waals surface area contributed by atoms with Gasteiger partial charge in [-0.2, -0.15) is 5.10 Å². The molecule has 1 atom stereocenters. The van der Waals surface area contributed by atoms with Crippen molar-refractivity contribution in [2.24, 2.45) is 5.73 Å². The summed E-state index contributed by atoms with van der Waals surface area (Å²) < 4.78 is 4.95. The minimum atomic E-state index is -0.303. The van der Waals surface area contributed by atoms with Gasteiger partial charge in [-0.25, -0.2) is 4.98 Å². The van der Waals surface area contributed by atoms with Gasteiger partial charge in [0.1, 0.15) is 6.61 Å². The molecular formula is C11H15ClN4O. The number of benzene rings is 1. The summed E-state index contributed by atoms with van der Waals surface area (Å²) in [6.45, 7) is 0.411. The fraction of sp³-hybridized carbons (Fsp3) is 0.273. The molecule has 0 aliphatic rings. The Bertz CT molecular complexity index is 446. The second kappa shape index (κ2) is 6.34. The minimum absolute atomic E-state index is 0. The van der Waals surface area contributed by atoms with Crippen LogP contribution in [0, 0.1) is 0 Å². The lowest BCUT2D eigenvalue weighted by molar-refractivity contribution is 0.178. The van der Waals surface area contributed by atoms with Gasteiger partial charge < -0.3 is 10.5 Å². The van der Waals surface area contributed by atoms with Crippen LogP contribution in [0.4, 0.5) is 0 Å². The van der Waals surface area contributed by atoms with E-state index in [0.717, 1.165) is 5.56 Å². The van der Waals surface area contributed by atoms with Crippen LogP contribution in [0.5, 0.6) is 0 Å². The lowest BCUT2D eigenvalue weighted by atomic mass is 10.1. The van der Waals surface area contributed by atoms with E-state index >= 15 is 0 Å². The Labute approximate surface area is 106 Å². The van der Waals surface area contributed by atoms with Crippen LogP contribution in [0.3, 0.4) is 0 Å². The molecule has 17 heavy (non-hydrogen) atoms. The molecule has 5 nitrogen and oxygen atoms in total. The van der Waals surface area contributed by atoms with Crippen molar-refractivity contribution in [2.75, 3.05) is 7.11 Å². The smallest absolute Gasteiger partial charge is 0.171 e. The van der Waals surface area contributed by atoms with Crippen molar-refractivity contribution in [3.05, 3.63) is 47.5 Å². The molecule has 0 saturated heterocycles. The van der Waals surface area contributed by atoms with Crippen LogP contribution in [-0.2, 0) is 11.3 Å². The van der Waals surface area contributed by atoms with Gasteiger partial charge in [-0.3, -0.25) is 5.10 Å². The van der Waals surface area contributed by atoms with E-state index in [-0.39, 0.29) is 18.4 Å². The van der Waals surface area contributed by atoms with E-state index in [9.17, 15) is 0 Å². The fourth-order valence-corrected chi connectivity index (χ4v) is 1.46. The first kappa shape index (κ1) is 13.6. The first-order valence-corrected chi connectivity index (χ1v) is 5.02. The maximum Gasteiger partial charge on any atom is 0.171 e. The second-order valence-corrected chi connectivity index (χ2v) is 3.46. The molecule has 0 spiro atoms. The zero-order valence-electron chi connectivity index (χ0n) is 9.46. The first-order chi connectivity index (χ1) is 7.81. The lowest BCUT2D eigenvalue weighted by Crippen LogP contribution is -2.13. The van der Waals surface area contributed by atoms with Crippen LogP contribution < -0.4 is 5.73 Å². The number of aromatic amines is 1. The molecule has 2 aromatic rings. The SMILES string of the molecule is COCc1nc(C(N)c2ccccc2)n[nH]1.Cl. The number of hydrogen-bond acceptors (Lipinski definition) is 4. The number of halogens is 1. The molecule has 2 rings (SSSR count). The predicted molar refractivity (Wildman–Crippen MR) is 66.8 cm³/mol. The third-order valence-corrected chi connectivity index (χ3v) is 2.27. The molecule has 0 radical (unpaired) electrons. The van der Waals surface area contributed by atoms with Crippen LogP contribution >= 0.6 is 12.4 Å². The van der Waals surface area contributed by atoms with Gasteiger partial charge in [-0.05, 0) is 5.56 Å². The summed E-state index contributed by atoms with van der Waals surface area (Å²) in [4.78, 5) is 4.26. The van der Waals surface area contributed by atoms with E-state index in [4.69, 9.17) is 10.5 Å². The third-order valence-electron chi connectivity index (χ3n) is 2.27. The molecule has 0 saturated carbocycles. The number of aromatic nitrogens is 3. The maximum atomic E-state index is 6.04. The Balaban J connectivity index is 0.00000144. The normalized spacial score (nSPS) is 11.9. The third kappa shape index (κ3) is 3.26. The predicted octanol–water partition coefficient (Wildman–Crippen LogP) is 1.42. The van der Waals surface area contributed by atoms with Gasteiger partial charge in [0, 0.05) is 7.11 Å². The van der Waals surface area contributed by atoms with Crippen molar-refractivity contribution in [3.63, 3.8) is 0 Å². The average molecular weight is 255 g/mol. The van der Waals surface area contributed by atoms with Gasteiger partial charge in [0.25, 0.3) is 0 Å². The molecule has 0 amide bonds. The van der Waals surface area contributed by atoms with E-state index in [1.165, 1.54) is 0 Å². The van der Waals surface area contributed by atoms with Crippen LogP contribution in [0.2, 0.25) is 0 Å². The van der Waals surface area contributed by atoms with Gasteiger partial charge >= 0.3 is 0 Å². The molecule has 1 aromatic heterocycles. The van der Waals surface area contributed by atoms with Crippen LogP contribution in [-0.4, -0.2) is 22.3 Å². The molecule has 0 bridgehead atoms. The molecule has 1 heterocycles. The van der Waals surface area contributed by atoms with Crippen molar-refractivity contribution < 1.29 is 4.74 Å². The largest absolute Gasteiger partial charge is 0.377 e. The molecule has 6 heteroatoms. The molecule has 92 valence electrons. The topological polar surface area (TPSA) is 76.8 Å². The number of ether oxygens (including phenoxy) is 1. The minimum Gasteiger partial charge on any atom is -0.377 e. The Kier molecular flexibility index (Phi) is 5.09. The van der Waals surface area contributed by atoms with Crippen molar-refractivity contribution in [2.45, 2.75) is 12.6 Å². The number of hydrogen-bond donors (Lipinski definition) is 2. The van der Waals surface area contributed by atoms with Gasteiger partial charge in [0.15, 0.2) is 11.6 Å². The highest BCUT2D eigenvalue weighted by Crippen LogP contribution is 2.15. The quantitative estimate of drug-likeness (QED) is 0.865. The molecular weight excluding hydrogens is 240 g/mol. The summed E-state index contributed by atoms with van der Waals surface area (Å²) in [5.41, 5.74) is 7.03. The number of H-pyrrole nitrogens is 1. The second-order valence-electron chi connectivity index (χ2n) is 3.46. The molecule has 3 N–H and O–H groups in total. The van der Waals surface area contributed by atoms with E-state index < -0.39 is 0 Å². The number of nitrogens with two attached hydrogens (primary N) is 1. The zero-order valence-corrected chi connectivity index (χ0v) is 10.3. The Morgan fingerprint density at radius 1 is 1.35 bits per heavy atom. The van der Waals surface area contributed by atoms with Gasteiger partial charge in [-0.1, -0.05) is 30.3 Å². The summed E-state index contributed by atoms with van der Waals surface area (Å²) in [5, 5.41) is 6.86. The van der Waals surface area contributed by atoms with Crippen LogP contribution in [0.15, 0.2) is 30.3 Å². The highest BCUT2D eigenvalue weighted by atomic mass is 35.5. The highest BCUT2D eigenvalue weighted by molar-refractivity contribution is 5.85. The summed E-state index contributed by atoms with van der Waals surface area (Å²) in [7, 11) is 1.61. The van der Waals surface area contributed by atoms with E-state index in [1.807, 2.05) is 30.3 Å². The van der Waals surface area contributed by atoms with E-state index in [1.54, 1.807) is 7.11 Å². The Morgan fingerprint density at radius 2 is 2.06 bits per heavy atom. The summed E-state index contributed by atoms with van der Waals surface area (Å²) in [6.07, 6.45) is 0. The van der Waals surface area contributed by atoms with Gasteiger partial charge in [-0.15, -0.1) is 12.4 Å². The lowest BCUT2D eigenvalue weighted by Gasteiger charge is -2.06. The number of nitrogens with one attached hydrogen (secondary N) is 1. The number of rotatable bonds is 4. The zero-order chi connectivity index (χ0) is 11.4. The van der Waals surface area contributed by atoms with E-state index in [0.29, 0.717) is 18.3 Å². The average Bonchev–Trinajstić information content (AvgIpc) is 2.78. The molecule has 1 aromatic carbocycles. The number of methoxy groups -OCH3 is 1.